The third-order valence-corrected chi connectivity index (χ3v) is 8.01. The van der Waals surface area contributed by atoms with Gasteiger partial charge in [0.25, 0.3) is 11.6 Å². The number of nitro groups is 1. The molecule has 0 radical (unpaired) electrons. The first-order valence-corrected chi connectivity index (χ1v) is 12.6. The molecule has 2 saturated heterocycles. The summed E-state index contributed by atoms with van der Waals surface area (Å²) in [5, 5.41) is 11.0. The van der Waals surface area contributed by atoms with E-state index in [2.05, 4.69) is 9.88 Å². The molecule has 3 heterocycles. The molecule has 0 spiro atoms. The van der Waals surface area contributed by atoms with Crippen molar-refractivity contribution in [2.75, 3.05) is 44.2 Å². The third kappa shape index (κ3) is 5.14. The minimum Gasteiger partial charge on any atom is -0.357 e. The molecule has 0 aliphatic carbocycles. The van der Waals surface area contributed by atoms with E-state index in [9.17, 15) is 23.3 Å². The van der Waals surface area contributed by atoms with E-state index in [0.29, 0.717) is 5.56 Å². The molecule has 2 aliphatic rings. The molecule has 2 fully saturated rings. The van der Waals surface area contributed by atoms with Crippen LogP contribution >= 0.6 is 0 Å². The van der Waals surface area contributed by atoms with Crippen molar-refractivity contribution in [1.82, 2.24) is 14.2 Å². The highest BCUT2D eigenvalue weighted by atomic mass is 32.2. The Hall–Kier alpha value is -3.05. The minimum atomic E-state index is -3.88. The zero-order valence-corrected chi connectivity index (χ0v) is 19.1. The summed E-state index contributed by atoms with van der Waals surface area (Å²) in [7, 11) is -3.88. The average Bonchev–Trinajstić information content (AvgIpc) is 3.13. The fraction of sp³-hybridized carbons (Fsp3) is 0.455. The Morgan fingerprint density at radius 3 is 2.24 bits per heavy atom. The lowest BCUT2D eigenvalue weighted by Gasteiger charge is -2.34. The van der Waals surface area contributed by atoms with Crippen LogP contribution in [0.2, 0.25) is 0 Å². The number of anilines is 1. The molecule has 0 saturated carbocycles. The molecule has 1 aromatic heterocycles. The van der Waals surface area contributed by atoms with Crippen LogP contribution in [-0.4, -0.2) is 72.7 Å². The van der Waals surface area contributed by atoms with Crippen LogP contribution in [0.1, 0.15) is 36.0 Å². The first kappa shape index (κ1) is 23.1. The number of hydrogen-bond acceptors (Lipinski definition) is 7. The molecule has 176 valence electrons. The molecule has 2 aliphatic heterocycles. The molecule has 2 aromatic rings. The van der Waals surface area contributed by atoms with Gasteiger partial charge in [-0.15, -0.1) is 0 Å². The number of rotatable bonds is 5. The number of hydrogen-bond donors (Lipinski definition) is 0. The maximum atomic E-state index is 12.9. The van der Waals surface area contributed by atoms with Gasteiger partial charge >= 0.3 is 0 Å². The van der Waals surface area contributed by atoms with Crippen molar-refractivity contribution in [2.24, 2.45) is 0 Å². The van der Waals surface area contributed by atoms with Gasteiger partial charge in [-0.1, -0.05) is 18.9 Å². The van der Waals surface area contributed by atoms with E-state index in [-0.39, 0.29) is 42.7 Å². The summed E-state index contributed by atoms with van der Waals surface area (Å²) < 4.78 is 27.1. The van der Waals surface area contributed by atoms with Crippen LogP contribution in [-0.2, 0) is 10.0 Å². The Kier molecular flexibility index (Phi) is 6.89. The highest BCUT2D eigenvalue weighted by Crippen LogP contribution is 2.23. The topological polar surface area (TPSA) is 117 Å². The number of aromatic nitrogens is 1. The second-order valence-corrected chi connectivity index (χ2v) is 10.2. The number of pyridine rings is 1. The standard InChI is InChI=1S/C22H27N5O5S/c28-22(18-8-9-21(23-17-18)24-10-3-1-2-4-11-24)25-12-14-26(15-13-25)33(31,32)20-7-5-6-19(16-20)27(29)30/h5-9,16-17H,1-4,10-15H2. The molecule has 1 aromatic carbocycles. The van der Waals surface area contributed by atoms with Crippen LogP contribution in [0.4, 0.5) is 11.5 Å². The van der Waals surface area contributed by atoms with Crippen molar-refractivity contribution in [3.05, 3.63) is 58.3 Å². The second kappa shape index (κ2) is 9.84. The summed E-state index contributed by atoms with van der Waals surface area (Å²) in [6.45, 7) is 2.66. The van der Waals surface area contributed by atoms with Crippen molar-refractivity contribution in [2.45, 2.75) is 30.6 Å². The highest BCUT2D eigenvalue weighted by molar-refractivity contribution is 7.89. The lowest BCUT2D eigenvalue weighted by Crippen LogP contribution is -2.50. The molecular formula is C22H27N5O5S. The first-order valence-electron chi connectivity index (χ1n) is 11.1. The van der Waals surface area contributed by atoms with Crippen LogP contribution in [0.5, 0.6) is 0 Å². The van der Waals surface area contributed by atoms with Crippen molar-refractivity contribution >= 4 is 27.4 Å². The molecular weight excluding hydrogens is 446 g/mol. The van der Waals surface area contributed by atoms with E-state index in [1.807, 2.05) is 6.07 Å². The predicted octanol–water partition coefficient (Wildman–Crippen LogP) is 2.52. The van der Waals surface area contributed by atoms with Crippen LogP contribution in [0, 0.1) is 10.1 Å². The molecule has 0 N–H and O–H groups in total. The maximum Gasteiger partial charge on any atom is 0.270 e. The SMILES string of the molecule is O=C(c1ccc(N2CCCCCC2)nc1)N1CCN(S(=O)(=O)c2cccc([N+](=O)[O-])c2)CC1. The molecule has 10 nitrogen and oxygen atoms in total. The number of amides is 1. The number of piperazine rings is 1. The van der Waals surface area contributed by atoms with Gasteiger partial charge in [0.1, 0.15) is 5.82 Å². The minimum absolute atomic E-state index is 0.121. The maximum absolute atomic E-state index is 12.9. The van der Waals surface area contributed by atoms with Crippen molar-refractivity contribution in [3.8, 4) is 0 Å². The Morgan fingerprint density at radius 2 is 1.64 bits per heavy atom. The summed E-state index contributed by atoms with van der Waals surface area (Å²) in [6, 6.07) is 8.67. The number of sulfonamides is 1. The fourth-order valence-corrected chi connectivity index (χ4v) is 5.68. The highest BCUT2D eigenvalue weighted by Gasteiger charge is 2.31. The fourth-order valence-electron chi connectivity index (χ4n) is 4.22. The quantitative estimate of drug-likeness (QED) is 0.484. The number of non-ortho nitro benzene ring substituents is 1. The molecule has 1 amide bonds. The van der Waals surface area contributed by atoms with E-state index < -0.39 is 14.9 Å². The third-order valence-electron chi connectivity index (χ3n) is 6.12. The summed E-state index contributed by atoms with van der Waals surface area (Å²) >= 11 is 0. The summed E-state index contributed by atoms with van der Waals surface area (Å²) in [5.74, 6) is 0.693. The number of carbonyl (C=O) groups excluding carboxylic acids is 1. The summed E-state index contributed by atoms with van der Waals surface area (Å²) in [4.78, 5) is 31.5. The summed E-state index contributed by atoms with van der Waals surface area (Å²) in [6.07, 6.45) is 6.35. The van der Waals surface area contributed by atoms with Gasteiger partial charge in [-0.3, -0.25) is 14.9 Å². The zero-order valence-electron chi connectivity index (χ0n) is 18.3. The number of benzene rings is 1. The van der Waals surface area contributed by atoms with Crippen LogP contribution in [0.3, 0.4) is 0 Å². The van der Waals surface area contributed by atoms with E-state index in [4.69, 9.17) is 0 Å². The van der Waals surface area contributed by atoms with E-state index in [0.717, 1.165) is 37.8 Å². The Balaban J connectivity index is 1.38. The van der Waals surface area contributed by atoms with E-state index in [1.165, 1.54) is 35.3 Å². The lowest BCUT2D eigenvalue weighted by atomic mass is 10.2. The molecule has 0 bridgehead atoms. The van der Waals surface area contributed by atoms with Gasteiger partial charge in [0, 0.05) is 57.6 Å². The van der Waals surface area contributed by atoms with Gasteiger partial charge in [-0.2, -0.15) is 4.31 Å². The van der Waals surface area contributed by atoms with Gasteiger partial charge < -0.3 is 9.80 Å². The Morgan fingerprint density at radius 1 is 0.939 bits per heavy atom. The van der Waals surface area contributed by atoms with Gasteiger partial charge in [0.15, 0.2) is 0 Å². The van der Waals surface area contributed by atoms with Gasteiger partial charge in [0.2, 0.25) is 10.0 Å². The molecule has 11 heteroatoms. The Bertz CT molecular complexity index is 1110. The molecule has 4 rings (SSSR count). The van der Waals surface area contributed by atoms with Crippen LogP contribution < -0.4 is 4.90 Å². The van der Waals surface area contributed by atoms with Crippen LogP contribution in [0.25, 0.3) is 0 Å². The van der Waals surface area contributed by atoms with E-state index in [1.54, 1.807) is 17.2 Å². The predicted molar refractivity (Wildman–Crippen MR) is 123 cm³/mol. The first-order chi connectivity index (χ1) is 15.9. The molecule has 0 atom stereocenters. The monoisotopic (exact) mass is 473 g/mol. The normalized spacial score (nSPS) is 18.1. The number of nitrogens with zero attached hydrogens (tertiary/aromatic N) is 5. The second-order valence-electron chi connectivity index (χ2n) is 8.26. The number of carbonyl (C=O) groups is 1. The van der Waals surface area contributed by atoms with Crippen molar-refractivity contribution < 1.29 is 18.1 Å². The van der Waals surface area contributed by atoms with E-state index >= 15 is 0 Å². The Labute approximate surface area is 193 Å². The smallest absolute Gasteiger partial charge is 0.270 e. The van der Waals surface area contributed by atoms with Crippen LogP contribution in [0.15, 0.2) is 47.5 Å². The lowest BCUT2D eigenvalue weighted by molar-refractivity contribution is -0.385. The zero-order chi connectivity index (χ0) is 23.4. The van der Waals surface area contributed by atoms with Gasteiger partial charge in [0.05, 0.1) is 15.4 Å². The largest absolute Gasteiger partial charge is 0.357 e. The average molecular weight is 474 g/mol. The van der Waals surface area contributed by atoms with Crippen molar-refractivity contribution in [1.29, 1.82) is 0 Å². The van der Waals surface area contributed by atoms with Gasteiger partial charge in [-0.25, -0.2) is 13.4 Å². The molecule has 0 unspecified atom stereocenters. The summed E-state index contributed by atoms with van der Waals surface area (Å²) in [5.41, 5.74) is 0.199. The van der Waals surface area contributed by atoms with Gasteiger partial charge in [-0.05, 0) is 31.0 Å². The number of nitro benzene ring substituents is 1. The molecule has 33 heavy (non-hydrogen) atoms. The van der Waals surface area contributed by atoms with Crippen molar-refractivity contribution in [3.63, 3.8) is 0 Å².